The summed E-state index contributed by atoms with van der Waals surface area (Å²) in [6, 6.07) is 8.54. The minimum Gasteiger partial charge on any atom is -0.352 e. The van der Waals surface area contributed by atoms with E-state index in [-0.39, 0.29) is 30.8 Å². The number of benzene rings is 1. The van der Waals surface area contributed by atoms with E-state index in [1.54, 1.807) is 47.6 Å². The lowest BCUT2D eigenvalue weighted by Gasteiger charge is -2.17. The number of hydrogen-bond donors (Lipinski definition) is 3. The van der Waals surface area contributed by atoms with Crippen molar-refractivity contribution in [2.75, 3.05) is 29.9 Å². The lowest BCUT2D eigenvalue weighted by molar-refractivity contribution is -0.116. The molecule has 2 heterocycles. The SMILES string of the molecule is Cc1cc(C(=O)NCCC(=O)Nc2cccnc2)ccc1N1CCNC1=O. The van der Waals surface area contributed by atoms with Crippen molar-refractivity contribution in [3.8, 4) is 0 Å². The molecular weight excluding hydrogens is 346 g/mol. The van der Waals surface area contributed by atoms with Gasteiger partial charge in [0.05, 0.1) is 11.9 Å². The molecule has 8 nitrogen and oxygen atoms in total. The summed E-state index contributed by atoms with van der Waals surface area (Å²) in [5.74, 6) is -0.459. The van der Waals surface area contributed by atoms with Crippen molar-refractivity contribution < 1.29 is 14.4 Å². The molecule has 3 rings (SSSR count). The number of carbonyl (C=O) groups excluding carboxylic acids is 3. The van der Waals surface area contributed by atoms with Crippen LogP contribution in [0.2, 0.25) is 0 Å². The van der Waals surface area contributed by atoms with Gasteiger partial charge in [-0.05, 0) is 42.8 Å². The fraction of sp³-hybridized carbons (Fsp3) is 0.263. The molecule has 2 aromatic rings. The second-order valence-corrected chi connectivity index (χ2v) is 6.18. The quantitative estimate of drug-likeness (QED) is 0.723. The topological polar surface area (TPSA) is 103 Å². The summed E-state index contributed by atoms with van der Waals surface area (Å²) in [6.07, 6.45) is 3.34. The number of nitrogens with zero attached hydrogens (tertiary/aromatic N) is 2. The van der Waals surface area contributed by atoms with Gasteiger partial charge in [-0.3, -0.25) is 19.5 Å². The first-order valence-electron chi connectivity index (χ1n) is 8.68. The Labute approximate surface area is 157 Å². The van der Waals surface area contributed by atoms with Crippen molar-refractivity contribution in [2.24, 2.45) is 0 Å². The van der Waals surface area contributed by atoms with Gasteiger partial charge in [-0.25, -0.2) is 4.79 Å². The van der Waals surface area contributed by atoms with Crippen LogP contribution in [0.15, 0.2) is 42.7 Å². The molecule has 0 atom stereocenters. The Balaban J connectivity index is 1.51. The standard InChI is InChI=1S/C19H21N5O3/c1-13-11-14(4-5-16(13)24-10-9-22-19(24)27)18(26)21-8-6-17(25)23-15-3-2-7-20-12-15/h2-5,7,11-12H,6,8-10H2,1H3,(H,21,26)(H,22,27)(H,23,25). The van der Waals surface area contributed by atoms with Gasteiger partial charge in [-0.15, -0.1) is 0 Å². The highest BCUT2D eigenvalue weighted by atomic mass is 16.2. The van der Waals surface area contributed by atoms with E-state index in [2.05, 4.69) is 20.9 Å². The molecule has 1 aliphatic heterocycles. The van der Waals surface area contributed by atoms with Crippen LogP contribution in [0.5, 0.6) is 0 Å². The van der Waals surface area contributed by atoms with E-state index in [1.165, 1.54) is 0 Å². The van der Waals surface area contributed by atoms with Crippen LogP contribution in [0, 0.1) is 6.92 Å². The second-order valence-electron chi connectivity index (χ2n) is 6.18. The number of urea groups is 1. The van der Waals surface area contributed by atoms with Crippen LogP contribution in [-0.2, 0) is 4.79 Å². The second kappa shape index (κ2) is 8.31. The molecule has 8 heteroatoms. The van der Waals surface area contributed by atoms with E-state index in [4.69, 9.17) is 0 Å². The minimum atomic E-state index is -0.260. The molecule has 140 valence electrons. The Bertz CT molecular complexity index is 854. The Morgan fingerprint density at radius 3 is 2.81 bits per heavy atom. The van der Waals surface area contributed by atoms with Crippen LogP contribution < -0.4 is 20.9 Å². The molecule has 27 heavy (non-hydrogen) atoms. The predicted molar refractivity (Wildman–Crippen MR) is 102 cm³/mol. The average Bonchev–Trinajstić information content (AvgIpc) is 3.08. The summed E-state index contributed by atoms with van der Waals surface area (Å²) < 4.78 is 0. The van der Waals surface area contributed by atoms with Crippen molar-refractivity contribution in [3.63, 3.8) is 0 Å². The fourth-order valence-electron chi connectivity index (χ4n) is 2.85. The lowest BCUT2D eigenvalue weighted by Crippen LogP contribution is -2.29. The first-order valence-corrected chi connectivity index (χ1v) is 8.68. The van der Waals surface area contributed by atoms with Crippen LogP contribution >= 0.6 is 0 Å². The van der Waals surface area contributed by atoms with Gasteiger partial charge in [0, 0.05) is 43.5 Å². The van der Waals surface area contributed by atoms with Gasteiger partial charge < -0.3 is 16.0 Å². The molecular formula is C19H21N5O3. The molecule has 1 saturated heterocycles. The summed E-state index contributed by atoms with van der Waals surface area (Å²) in [4.78, 5) is 41.5. The molecule has 3 N–H and O–H groups in total. The summed E-state index contributed by atoms with van der Waals surface area (Å²) in [6.45, 7) is 3.30. The maximum absolute atomic E-state index is 12.3. The first-order chi connectivity index (χ1) is 13.0. The van der Waals surface area contributed by atoms with Gasteiger partial charge in [0.15, 0.2) is 0 Å². The van der Waals surface area contributed by atoms with E-state index in [0.29, 0.717) is 24.3 Å². The zero-order valence-electron chi connectivity index (χ0n) is 15.0. The third-order valence-corrected chi connectivity index (χ3v) is 4.19. The number of carbonyl (C=O) groups is 3. The van der Waals surface area contributed by atoms with Crippen LogP contribution in [0.3, 0.4) is 0 Å². The molecule has 1 fully saturated rings. The smallest absolute Gasteiger partial charge is 0.322 e. The highest BCUT2D eigenvalue weighted by molar-refractivity contribution is 5.98. The summed E-state index contributed by atoms with van der Waals surface area (Å²) in [5.41, 5.74) is 2.74. The van der Waals surface area contributed by atoms with E-state index < -0.39 is 0 Å². The van der Waals surface area contributed by atoms with Crippen molar-refractivity contribution in [2.45, 2.75) is 13.3 Å². The van der Waals surface area contributed by atoms with Crippen LogP contribution in [0.25, 0.3) is 0 Å². The maximum Gasteiger partial charge on any atom is 0.322 e. The minimum absolute atomic E-state index is 0.130. The van der Waals surface area contributed by atoms with E-state index in [9.17, 15) is 14.4 Å². The fourth-order valence-corrected chi connectivity index (χ4v) is 2.85. The molecule has 1 aliphatic rings. The van der Waals surface area contributed by atoms with Gasteiger partial charge in [0.2, 0.25) is 5.91 Å². The largest absolute Gasteiger partial charge is 0.352 e. The number of anilines is 2. The van der Waals surface area contributed by atoms with Crippen LogP contribution in [0.1, 0.15) is 22.3 Å². The van der Waals surface area contributed by atoms with Crippen LogP contribution in [0.4, 0.5) is 16.2 Å². The predicted octanol–water partition coefficient (Wildman–Crippen LogP) is 1.68. The normalized spacial score (nSPS) is 13.2. The number of nitrogens with one attached hydrogen (secondary N) is 3. The number of aryl methyl sites for hydroxylation is 1. The first kappa shape index (κ1) is 18.4. The highest BCUT2D eigenvalue weighted by Gasteiger charge is 2.22. The van der Waals surface area contributed by atoms with Gasteiger partial charge in [-0.2, -0.15) is 0 Å². The Hall–Kier alpha value is -3.42. The Morgan fingerprint density at radius 1 is 1.30 bits per heavy atom. The van der Waals surface area contributed by atoms with Gasteiger partial charge in [0.1, 0.15) is 0 Å². The van der Waals surface area contributed by atoms with Gasteiger partial charge in [-0.1, -0.05) is 0 Å². The number of aromatic nitrogens is 1. The Kier molecular flexibility index (Phi) is 5.65. The zero-order valence-corrected chi connectivity index (χ0v) is 15.0. The highest BCUT2D eigenvalue weighted by Crippen LogP contribution is 2.22. The molecule has 0 bridgehead atoms. The van der Waals surface area contributed by atoms with E-state index >= 15 is 0 Å². The third-order valence-electron chi connectivity index (χ3n) is 4.19. The summed E-state index contributed by atoms with van der Waals surface area (Å²) >= 11 is 0. The maximum atomic E-state index is 12.3. The molecule has 1 aromatic heterocycles. The number of amides is 4. The van der Waals surface area contributed by atoms with Crippen LogP contribution in [-0.4, -0.2) is 42.5 Å². The van der Waals surface area contributed by atoms with Crippen molar-refractivity contribution >= 4 is 29.2 Å². The van der Waals surface area contributed by atoms with Gasteiger partial charge >= 0.3 is 6.03 Å². The lowest BCUT2D eigenvalue weighted by atomic mass is 10.1. The third kappa shape index (κ3) is 4.60. The average molecular weight is 367 g/mol. The molecule has 0 radical (unpaired) electrons. The molecule has 0 aliphatic carbocycles. The number of rotatable bonds is 6. The van der Waals surface area contributed by atoms with Crippen molar-refractivity contribution in [3.05, 3.63) is 53.9 Å². The molecule has 4 amide bonds. The number of pyridine rings is 1. The summed E-state index contributed by atoms with van der Waals surface area (Å²) in [7, 11) is 0. The Morgan fingerprint density at radius 2 is 2.15 bits per heavy atom. The van der Waals surface area contributed by atoms with Crippen molar-refractivity contribution in [1.29, 1.82) is 0 Å². The molecule has 1 aromatic carbocycles. The molecule has 0 saturated carbocycles. The summed E-state index contributed by atoms with van der Waals surface area (Å²) in [5, 5.41) is 8.20. The molecule has 0 unspecified atom stereocenters. The number of hydrogen-bond acceptors (Lipinski definition) is 4. The van der Waals surface area contributed by atoms with E-state index in [1.807, 2.05) is 6.92 Å². The van der Waals surface area contributed by atoms with E-state index in [0.717, 1.165) is 11.3 Å². The van der Waals surface area contributed by atoms with Gasteiger partial charge in [0.25, 0.3) is 5.91 Å². The zero-order chi connectivity index (χ0) is 19.2. The monoisotopic (exact) mass is 367 g/mol. The molecule has 0 spiro atoms. The van der Waals surface area contributed by atoms with Crippen molar-refractivity contribution in [1.82, 2.24) is 15.6 Å².